The standard InChI is InChI=1S/C52H36O/c1-2-16-40-33(12-1)13-10-22-41(40)36-14-9-15-38(32-36)50-44-18-3-5-20-46(44)51(47-21-6-4-19-45(47)50)39-29-27-34-30-37(28-26-35(34)31-39)42-23-11-24-48-43-17-7-8-25-49(43)53-52(42)48/h1-6,8-16,18-30,32,39H,7,17,31H2. The predicted octanol–water partition coefficient (Wildman–Crippen LogP) is 14.2. The van der Waals surface area contributed by atoms with Crippen LogP contribution in [0.1, 0.15) is 40.4 Å². The molecule has 1 unspecified atom stereocenters. The van der Waals surface area contributed by atoms with Gasteiger partial charge in [-0.2, -0.15) is 0 Å². The van der Waals surface area contributed by atoms with Crippen LogP contribution in [0.25, 0.3) is 88.8 Å². The van der Waals surface area contributed by atoms with E-state index in [1.807, 2.05) is 0 Å². The quantitative estimate of drug-likeness (QED) is 0.169. The van der Waals surface area contributed by atoms with Gasteiger partial charge in [0.15, 0.2) is 0 Å². The largest absolute Gasteiger partial charge is 0.456 e. The average Bonchev–Trinajstić information content (AvgIpc) is 3.61. The van der Waals surface area contributed by atoms with Crippen molar-refractivity contribution in [2.24, 2.45) is 0 Å². The first-order chi connectivity index (χ1) is 26.3. The van der Waals surface area contributed by atoms with Crippen molar-refractivity contribution in [1.82, 2.24) is 0 Å². The molecule has 1 heterocycles. The summed E-state index contributed by atoms with van der Waals surface area (Å²) in [6.07, 6.45) is 12.2. The van der Waals surface area contributed by atoms with Crippen molar-refractivity contribution in [3.8, 4) is 33.4 Å². The minimum absolute atomic E-state index is 0.256. The molecule has 0 amide bonds. The maximum absolute atomic E-state index is 6.46. The summed E-state index contributed by atoms with van der Waals surface area (Å²) in [5.41, 5.74) is 13.9. The highest BCUT2D eigenvalue weighted by molar-refractivity contribution is 6.16. The summed E-state index contributed by atoms with van der Waals surface area (Å²) in [5, 5.41) is 9.05. The lowest BCUT2D eigenvalue weighted by Gasteiger charge is -2.25. The first-order valence-electron chi connectivity index (χ1n) is 18.8. The normalized spacial score (nSPS) is 15.0. The zero-order valence-corrected chi connectivity index (χ0v) is 29.4. The van der Waals surface area contributed by atoms with Crippen molar-refractivity contribution in [3.63, 3.8) is 0 Å². The molecular weight excluding hydrogens is 641 g/mol. The molecule has 0 saturated carbocycles. The fourth-order valence-electron chi connectivity index (χ4n) is 9.25. The first kappa shape index (κ1) is 30.2. The number of allylic oxidation sites excluding steroid dienone is 2. The Hall–Kier alpha value is -6.44. The minimum atomic E-state index is 0.256. The highest BCUT2D eigenvalue weighted by Gasteiger charge is 2.24. The van der Waals surface area contributed by atoms with Crippen LogP contribution in [0.4, 0.5) is 0 Å². The third-order valence-corrected chi connectivity index (χ3v) is 11.7. The zero-order valence-electron chi connectivity index (χ0n) is 29.4. The highest BCUT2D eigenvalue weighted by atomic mass is 16.3. The molecule has 0 fully saturated rings. The van der Waals surface area contributed by atoms with Crippen molar-refractivity contribution in [1.29, 1.82) is 0 Å². The Balaban J connectivity index is 1.02. The Morgan fingerprint density at radius 1 is 0.509 bits per heavy atom. The lowest BCUT2D eigenvalue weighted by Crippen LogP contribution is -2.08. The number of para-hydroxylation sites is 1. The predicted molar refractivity (Wildman–Crippen MR) is 224 cm³/mol. The molecule has 9 aromatic rings. The average molecular weight is 677 g/mol. The van der Waals surface area contributed by atoms with E-state index in [4.69, 9.17) is 4.42 Å². The Bertz CT molecular complexity index is 2920. The van der Waals surface area contributed by atoms with Crippen molar-refractivity contribution in [2.45, 2.75) is 25.2 Å². The van der Waals surface area contributed by atoms with E-state index >= 15 is 0 Å². The fourth-order valence-corrected chi connectivity index (χ4v) is 9.25. The van der Waals surface area contributed by atoms with Gasteiger partial charge < -0.3 is 4.42 Å². The van der Waals surface area contributed by atoms with Gasteiger partial charge >= 0.3 is 0 Å². The minimum Gasteiger partial charge on any atom is -0.456 e. The van der Waals surface area contributed by atoms with Crippen LogP contribution in [0, 0.1) is 0 Å². The van der Waals surface area contributed by atoms with Gasteiger partial charge in [-0.15, -0.1) is 0 Å². The molecule has 0 aliphatic heterocycles. The molecule has 1 atom stereocenters. The van der Waals surface area contributed by atoms with Gasteiger partial charge in [0.25, 0.3) is 0 Å². The van der Waals surface area contributed by atoms with Gasteiger partial charge in [0.05, 0.1) is 0 Å². The number of aryl methyl sites for hydroxylation is 1. The molecule has 53 heavy (non-hydrogen) atoms. The first-order valence-corrected chi connectivity index (χ1v) is 18.8. The van der Waals surface area contributed by atoms with Crippen LogP contribution in [0.5, 0.6) is 0 Å². The fraction of sp³-hybridized carbons (Fsp3) is 0.0769. The smallest absolute Gasteiger partial charge is 0.142 e. The second kappa shape index (κ2) is 12.1. The van der Waals surface area contributed by atoms with E-state index in [1.165, 1.54) is 93.3 Å². The van der Waals surface area contributed by atoms with Gasteiger partial charge in [0.1, 0.15) is 11.3 Å². The van der Waals surface area contributed by atoms with Gasteiger partial charge in [0, 0.05) is 22.4 Å². The third-order valence-electron chi connectivity index (χ3n) is 11.7. The maximum atomic E-state index is 6.46. The summed E-state index contributed by atoms with van der Waals surface area (Å²) < 4.78 is 6.46. The molecule has 2 aliphatic carbocycles. The maximum Gasteiger partial charge on any atom is 0.142 e. The topological polar surface area (TPSA) is 13.1 Å². The van der Waals surface area contributed by atoms with E-state index in [-0.39, 0.29) is 5.92 Å². The molecule has 0 N–H and O–H groups in total. The van der Waals surface area contributed by atoms with E-state index in [0.29, 0.717) is 0 Å². The van der Waals surface area contributed by atoms with Gasteiger partial charge in [-0.05, 0) is 114 Å². The molecular formula is C52H36O. The second-order valence-corrected chi connectivity index (χ2v) is 14.6. The Labute approximate surface area is 309 Å². The van der Waals surface area contributed by atoms with Gasteiger partial charge in [0.2, 0.25) is 0 Å². The lowest BCUT2D eigenvalue weighted by atomic mass is 9.78. The number of benzene rings is 8. The molecule has 2 aliphatic rings. The lowest BCUT2D eigenvalue weighted by molar-refractivity contribution is 0.596. The van der Waals surface area contributed by atoms with Crippen LogP contribution in [0.15, 0.2) is 168 Å². The van der Waals surface area contributed by atoms with E-state index in [2.05, 4.69) is 176 Å². The van der Waals surface area contributed by atoms with E-state index in [0.717, 1.165) is 30.6 Å². The zero-order chi connectivity index (χ0) is 34.9. The Morgan fingerprint density at radius 3 is 2.02 bits per heavy atom. The molecule has 0 spiro atoms. The Morgan fingerprint density at radius 2 is 1.17 bits per heavy atom. The molecule has 11 rings (SSSR count). The number of rotatable bonds is 4. The van der Waals surface area contributed by atoms with Crippen molar-refractivity contribution in [2.75, 3.05) is 0 Å². The molecule has 0 bridgehead atoms. The van der Waals surface area contributed by atoms with Crippen LogP contribution in [-0.2, 0) is 12.8 Å². The van der Waals surface area contributed by atoms with Crippen LogP contribution in [0.2, 0.25) is 0 Å². The molecule has 1 aromatic heterocycles. The summed E-state index contributed by atoms with van der Waals surface area (Å²) in [6, 6.07) is 56.1. The van der Waals surface area contributed by atoms with Crippen molar-refractivity contribution >= 4 is 55.4 Å². The molecule has 1 nitrogen and oxygen atoms in total. The van der Waals surface area contributed by atoms with Gasteiger partial charge in [-0.1, -0.05) is 158 Å². The molecule has 0 saturated heterocycles. The Kier molecular flexibility index (Phi) is 6.88. The van der Waals surface area contributed by atoms with Gasteiger partial charge in [-0.25, -0.2) is 0 Å². The molecule has 250 valence electrons. The van der Waals surface area contributed by atoms with E-state index < -0.39 is 0 Å². The van der Waals surface area contributed by atoms with E-state index in [9.17, 15) is 0 Å². The van der Waals surface area contributed by atoms with Gasteiger partial charge in [-0.3, -0.25) is 0 Å². The second-order valence-electron chi connectivity index (χ2n) is 14.6. The van der Waals surface area contributed by atoms with Crippen molar-refractivity contribution in [3.05, 3.63) is 192 Å². The van der Waals surface area contributed by atoms with Crippen molar-refractivity contribution < 1.29 is 4.42 Å². The molecule has 0 radical (unpaired) electrons. The highest BCUT2D eigenvalue weighted by Crippen LogP contribution is 2.46. The summed E-state index contributed by atoms with van der Waals surface area (Å²) >= 11 is 0. The number of fused-ring (bicyclic) bond motifs is 7. The van der Waals surface area contributed by atoms with E-state index in [1.54, 1.807) is 0 Å². The van der Waals surface area contributed by atoms with Crippen LogP contribution < -0.4 is 0 Å². The molecule has 8 aromatic carbocycles. The van der Waals surface area contributed by atoms with Crippen LogP contribution >= 0.6 is 0 Å². The van der Waals surface area contributed by atoms with Crippen LogP contribution in [-0.4, -0.2) is 0 Å². The summed E-state index contributed by atoms with van der Waals surface area (Å²) in [6.45, 7) is 0. The number of furan rings is 1. The summed E-state index contributed by atoms with van der Waals surface area (Å²) in [4.78, 5) is 0. The summed E-state index contributed by atoms with van der Waals surface area (Å²) in [5.74, 6) is 1.27. The number of hydrogen-bond donors (Lipinski definition) is 0. The monoisotopic (exact) mass is 676 g/mol. The third kappa shape index (κ3) is 4.85. The summed E-state index contributed by atoms with van der Waals surface area (Å²) in [7, 11) is 0. The molecule has 1 heteroatoms. The number of hydrogen-bond acceptors (Lipinski definition) is 1. The van der Waals surface area contributed by atoms with Crippen LogP contribution in [0.3, 0.4) is 0 Å². The SMILES string of the molecule is C1=Cc2oc3c(-c4ccc5c(c4)C=CC(c4c6ccccc6c(-c6cccc(-c7cccc8ccccc78)c6)c6ccccc46)C5)cccc3c2CC1.